The molecule has 0 aliphatic carbocycles. The van der Waals surface area contributed by atoms with E-state index in [4.69, 9.17) is 10.00 Å². The lowest BCUT2D eigenvalue weighted by atomic mass is 10.2. The summed E-state index contributed by atoms with van der Waals surface area (Å²) in [7, 11) is 0. The quantitative estimate of drug-likeness (QED) is 0.738. The molecule has 3 aromatic rings. The maximum atomic E-state index is 12.2. The van der Waals surface area contributed by atoms with Gasteiger partial charge in [0.15, 0.2) is 11.9 Å². The average molecular weight is 334 g/mol. The molecule has 0 saturated heterocycles. The molecule has 0 aliphatic rings. The molecule has 2 N–H and O–H groups in total. The van der Waals surface area contributed by atoms with Crippen molar-refractivity contribution in [2.24, 2.45) is 0 Å². The van der Waals surface area contributed by atoms with Crippen LogP contribution in [0.1, 0.15) is 12.5 Å². The van der Waals surface area contributed by atoms with Crippen LogP contribution < -0.4 is 10.1 Å². The molecule has 1 atom stereocenters. The van der Waals surface area contributed by atoms with Crippen LogP contribution in [0.2, 0.25) is 0 Å². The topological polar surface area (TPSA) is 117 Å². The number of hydrogen-bond acceptors (Lipinski definition) is 6. The first-order valence-electron chi connectivity index (χ1n) is 7.47. The highest BCUT2D eigenvalue weighted by Gasteiger charge is 2.17. The Morgan fingerprint density at radius 3 is 2.96 bits per heavy atom. The highest BCUT2D eigenvalue weighted by atomic mass is 16.5. The lowest BCUT2D eigenvalue weighted by Gasteiger charge is -2.13. The Hall–Kier alpha value is -3.73. The molecule has 8 nitrogen and oxygen atoms in total. The van der Waals surface area contributed by atoms with Crippen LogP contribution in [0, 0.1) is 11.3 Å². The molecule has 1 amide bonds. The van der Waals surface area contributed by atoms with Gasteiger partial charge in [-0.05, 0) is 37.3 Å². The molecule has 0 bridgehead atoms. The number of amides is 1. The molecule has 25 heavy (non-hydrogen) atoms. The average Bonchev–Trinajstić information content (AvgIpc) is 3.11. The number of carbonyl (C=O) groups excluding carboxylic acids is 1. The summed E-state index contributed by atoms with van der Waals surface area (Å²) in [4.78, 5) is 20.5. The van der Waals surface area contributed by atoms with Gasteiger partial charge in [0.25, 0.3) is 5.91 Å². The van der Waals surface area contributed by atoms with Crippen LogP contribution in [0.3, 0.4) is 0 Å². The van der Waals surface area contributed by atoms with Crippen molar-refractivity contribution in [2.45, 2.75) is 13.0 Å². The second-order valence-electron chi connectivity index (χ2n) is 5.11. The summed E-state index contributed by atoms with van der Waals surface area (Å²) in [6.45, 7) is 1.60. The number of aromatic nitrogens is 4. The van der Waals surface area contributed by atoms with E-state index in [1.807, 2.05) is 12.1 Å². The molecular formula is C17H14N6O2. The molecule has 0 aliphatic heterocycles. The number of hydrogen-bond donors (Lipinski definition) is 2. The van der Waals surface area contributed by atoms with Gasteiger partial charge in [0.1, 0.15) is 11.4 Å². The maximum absolute atomic E-state index is 12.2. The van der Waals surface area contributed by atoms with Crippen LogP contribution in [0.25, 0.3) is 11.5 Å². The van der Waals surface area contributed by atoms with Gasteiger partial charge >= 0.3 is 0 Å². The van der Waals surface area contributed by atoms with Crippen LogP contribution in [0.15, 0.2) is 48.7 Å². The van der Waals surface area contributed by atoms with E-state index in [0.717, 1.165) is 0 Å². The van der Waals surface area contributed by atoms with E-state index < -0.39 is 12.0 Å². The zero-order valence-corrected chi connectivity index (χ0v) is 13.3. The van der Waals surface area contributed by atoms with E-state index >= 15 is 0 Å². The van der Waals surface area contributed by atoms with Gasteiger partial charge in [-0.1, -0.05) is 12.1 Å². The maximum Gasteiger partial charge on any atom is 0.267 e. The summed E-state index contributed by atoms with van der Waals surface area (Å²) in [6.07, 6.45) is 0.854. The Morgan fingerprint density at radius 1 is 1.32 bits per heavy atom. The minimum atomic E-state index is -0.786. The molecule has 0 fully saturated rings. The third kappa shape index (κ3) is 3.97. The van der Waals surface area contributed by atoms with Crippen LogP contribution in [-0.4, -0.2) is 32.2 Å². The minimum Gasteiger partial charge on any atom is -0.481 e. The normalized spacial score (nSPS) is 11.4. The van der Waals surface area contributed by atoms with E-state index in [1.165, 1.54) is 0 Å². The molecule has 0 saturated carbocycles. The number of nitrogens with zero attached hydrogens (tertiary/aromatic N) is 4. The highest BCUT2D eigenvalue weighted by molar-refractivity contribution is 5.92. The molecular weight excluding hydrogens is 320 g/mol. The van der Waals surface area contributed by atoms with Gasteiger partial charge in [-0.3, -0.25) is 20.2 Å². The third-order valence-corrected chi connectivity index (χ3v) is 3.27. The second-order valence-corrected chi connectivity index (χ2v) is 5.11. The molecule has 2 aromatic heterocycles. The van der Waals surface area contributed by atoms with E-state index in [1.54, 1.807) is 49.5 Å². The zero-order valence-electron chi connectivity index (χ0n) is 13.3. The number of benzene rings is 1. The fraction of sp³-hybridized carbons (Fsp3) is 0.118. The van der Waals surface area contributed by atoms with Crippen LogP contribution in [0.4, 0.5) is 5.95 Å². The lowest BCUT2D eigenvalue weighted by Crippen LogP contribution is -2.30. The van der Waals surface area contributed by atoms with Gasteiger partial charge in [-0.2, -0.15) is 10.2 Å². The van der Waals surface area contributed by atoms with Gasteiger partial charge in [-0.15, -0.1) is 5.10 Å². The monoisotopic (exact) mass is 334 g/mol. The molecule has 124 valence electrons. The minimum absolute atomic E-state index is 0.131. The van der Waals surface area contributed by atoms with Crippen molar-refractivity contribution >= 4 is 11.9 Å². The summed E-state index contributed by atoms with van der Waals surface area (Å²) in [5.41, 5.74) is 1.08. The Kier molecular flexibility index (Phi) is 4.67. The molecule has 2 heterocycles. The Balaban J connectivity index is 1.64. The highest BCUT2D eigenvalue weighted by Crippen LogP contribution is 2.16. The van der Waals surface area contributed by atoms with Crippen molar-refractivity contribution < 1.29 is 9.53 Å². The number of carbonyl (C=O) groups is 1. The number of rotatable bonds is 5. The number of nitriles is 1. The fourth-order valence-electron chi connectivity index (χ4n) is 2.04. The molecule has 0 unspecified atom stereocenters. The number of nitrogens with one attached hydrogen (secondary N) is 2. The second kappa shape index (κ2) is 7.23. The van der Waals surface area contributed by atoms with Crippen molar-refractivity contribution in [1.82, 2.24) is 20.2 Å². The Bertz CT molecular complexity index is 916. The van der Waals surface area contributed by atoms with Crippen molar-refractivity contribution in [2.75, 3.05) is 5.32 Å². The summed E-state index contributed by atoms with van der Waals surface area (Å²) >= 11 is 0. The summed E-state index contributed by atoms with van der Waals surface area (Å²) in [5, 5.41) is 18.1. The Labute approximate surface area is 143 Å². The first kappa shape index (κ1) is 16.1. The summed E-state index contributed by atoms with van der Waals surface area (Å²) in [5.74, 6) is 0.609. The number of ether oxygens (including phenoxy) is 1. The van der Waals surface area contributed by atoms with Gasteiger partial charge in [0.2, 0.25) is 5.95 Å². The molecule has 8 heteroatoms. The third-order valence-electron chi connectivity index (χ3n) is 3.27. The molecule has 1 aromatic carbocycles. The molecule has 3 rings (SSSR count). The lowest BCUT2D eigenvalue weighted by molar-refractivity contribution is -0.122. The van der Waals surface area contributed by atoms with Crippen molar-refractivity contribution in [3.63, 3.8) is 0 Å². The van der Waals surface area contributed by atoms with Gasteiger partial charge < -0.3 is 4.74 Å². The predicted molar refractivity (Wildman–Crippen MR) is 89.5 cm³/mol. The van der Waals surface area contributed by atoms with Gasteiger partial charge in [-0.25, -0.2) is 0 Å². The number of H-pyrrole nitrogens is 1. The van der Waals surface area contributed by atoms with E-state index in [2.05, 4.69) is 25.5 Å². The molecule has 0 spiro atoms. The standard InChI is InChI=1S/C17H14N6O2/c1-11(25-13-6-4-5-12(9-13)10-18)16(24)21-17-20-15(22-23-17)14-7-2-3-8-19-14/h2-9,11H,1H3,(H2,20,21,22,23,24)/t11-/m1/s1. The van der Waals surface area contributed by atoms with Gasteiger partial charge in [0, 0.05) is 6.20 Å². The number of pyridine rings is 1. The van der Waals surface area contributed by atoms with E-state index in [0.29, 0.717) is 22.8 Å². The summed E-state index contributed by atoms with van der Waals surface area (Å²) < 4.78 is 5.54. The number of aromatic amines is 1. The van der Waals surface area contributed by atoms with Gasteiger partial charge in [0.05, 0.1) is 11.6 Å². The Morgan fingerprint density at radius 2 is 2.20 bits per heavy atom. The van der Waals surface area contributed by atoms with E-state index in [9.17, 15) is 4.79 Å². The molecule has 0 radical (unpaired) electrons. The van der Waals surface area contributed by atoms with Crippen LogP contribution in [0.5, 0.6) is 5.75 Å². The predicted octanol–water partition coefficient (Wildman–Crippen LogP) is 2.14. The fourth-order valence-corrected chi connectivity index (χ4v) is 2.04. The number of anilines is 1. The van der Waals surface area contributed by atoms with E-state index in [-0.39, 0.29) is 5.95 Å². The first-order valence-corrected chi connectivity index (χ1v) is 7.47. The van der Waals surface area contributed by atoms with Crippen molar-refractivity contribution in [3.05, 3.63) is 54.2 Å². The smallest absolute Gasteiger partial charge is 0.267 e. The van der Waals surface area contributed by atoms with Crippen LogP contribution >= 0.6 is 0 Å². The largest absolute Gasteiger partial charge is 0.481 e. The zero-order chi connectivity index (χ0) is 17.6. The van der Waals surface area contributed by atoms with Crippen molar-refractivity contribution in [3.8, 4) is 23.3 Å². The van der Waals surface area contributed by atoms with Crippen LogP contribution in [-0.2, 0) is 4.79 Å². The van der Waals surface area contributed by atoms with Crippen molar-refractivity contribution in [1.29, 1.82) is 5.26 Å². The SMILES string of the molecule is C[C@@H](Oc1cccc(C#N)c1)C(=O)Nc1n[nH]c(-c2ccccn2)n1. The first-order chi connectivity index (χ1) is 12.2. The summed E-state index contributed by atoms with van der Waals surface area (Å²) in [6, 6.07) is 14.0.